The molecular formula is C14H14BrClN2OS. The lowest BCUT2D eigenvalue weighted by molar-refractivity contribution is -0.124. The number of rotatable bonds is 5. The van der Waals surface area contributed by atoms with Gasteiger partial charge >= 0.3 is 0 Å². The van der Waals surface area contributed by atoms with Crippen LogP contribution in [0.3, 0.4) is 0 Å². The molecule has 3 nitrogen and oxygen atoms in total. The molecule has 0 bridgehead atoms. The van der Waals surface area contributed by atoms with Crippen LogP contribution in [0.25, 0.3) is 0 Å². The standard InChI is InChI=1S/C14H14BrClN2OS/c1-14(13(17)19,18-8-10-3-2-6-20-10)11-5-4-9(15)7-12(11)16/h2-7,18H,8H2,1H3,(H2,17,19). The van der Waals surface area contributed by atoms with Crippen molar-refractivity contribution in [2.45, 2.75) is 19.0 Å². The summed E-state index contributed by atoms with van der Waals surface area (Å²) in [5.74, 6) is -0.460. The number of halogens is 2. The fourth-order valence-electron chi connectivity index (χ4n) is 1.89. The van der Waals surface area contributed by atoms with E-state index in [1.54, 1.807) is 30.4 Å². The Hall–Kier alpha value is -0.880. The van der Waals surface area contributed by atoms with Crippen LogP contribution in [0, 0.1) is 0 Å². The van der Waals surface area contributed by atoms with E-state index in [0.717, 1.165) is 9.35 Å². The molecule has 0 saturated heterocycles. The first-order valence-electron chi connectivity index (χ1n) is 5.96. The van der Waals surface area contributed by atoms with E-state index >= 15 is 0 Å². The van der Waals surface area contributed by atoms with Gasteiger partial charge in [-0.3, -0.25) is 10.1 Å². The Morgan fingerprint density at radius 3 is 2.80 bits per heavy atom. The lowest BCUT2D eigenvalue weighted by Gasteiger charge is -2.29. The zero-order chi connectivity index (χ0) is 14.8. The van der Waals surface area contributed by atoms with E-state index in [2.05, 4.69) is 21.2 Å². The van der Waals surface area contributed by atoms with Gasteiger partial charge in [0, 0.05) is 20.9 Å². The van der Waals surface area contributed by atoms with Gasteiger partial charge < -0.3 is 5.73 Å². The molecule has 0 aliphatic carbocycles. The van der Waals surface area contributed by atoms with Crippen LogP contribution in [-0.2, 0) is 16.9 Å². The van der Waals surface area contributed by atoms with Crippen LogP contribution in [0.1, 0.15) is 17.4 Å². The number of hydrogen-bond donors (Lipinski definition) is 2. The fraction of sp³-hybridized carbons (Fsp3) is 0.214. The summed E-state index contributed by atoms with van der Waals surface area (Å²) in [6, 6.07) is 9.37. The maximum absolute atomic E-state index is 11.9. The average molecular weight is 374 g/mol. The second kappa shape index (κ2) is 6.26. The molecule has 1 unspecified atom stereocenters. The van der Waals surface area contributed by atoms with Gasteiger partial charge in [-0.05, 0) is 36.1 Å². The van der Waals surface area contributed by atoms with E-state index in [0.29, 0.717) is 17.1 Å². The first-order chi connectivity index (χ1) is 9.43. The number of benzene rings is 1. The van der Waals surface area contributed by atoms with Crippen LogP contribution in [0.2, 0.25) is 5.02 Å². The summed E-state index contributed by atoms with van der Waals surface area (Å²) in [5, 5.41) is 5.70. The van der Waals surface area contributed by atoms with Crippen LogP contribution >= 0.6 is 38.9 Å². The van der Waals surface area contributed by atoms with Crippen LogP contribution in [-0.4, -0.2) is 5.91 Å². The van der Waals surface area contributed by atoms with Gasteiger partial charge in [-0.1, -0.05) is 39.7 Å². The summed E-state index contributed by atoms with van der Waals surface area (Å²) >= 11 is 11.2. The Labute approximate surface area is 135 Å². The summed E-state index contributed by atoms with van der Waals surface area (Å²) in [4.78, 5) is 13.0. The first kappa shape index (κ1) is 15.5. The average Bonchev–Trinajstić information content (AvgIpc) is 2.88. The molecule has 0 spiro atoms. The van der Waals surface area contributed by atoms with Crippen molar-refractivity contribution >= 4 is 44.8 Å². The minimum Gasteiger partial charge on any atom is -0.368 e. The van der Waals surface area contributed by atoms with E-state index in [9.17, 15) is 4.79 Å². The van der Waals surface area contributed by atoms with E-state index < -0.39 is 11.4 Å². The third kappa shape index (κ3) is 3.23. The van der Waals surface area contributed by atoms with Crippen molar-refractivity contribution in [1.82, 2.24) is 5.32 Å². The number of carbonyl (C=O) groups excluding carboxylic acids is 1. The molecule has 1 heterocycles. The van der Waals surface area contributed by atoms with Crippen molar-refractivity contribution in [3.05, 3.63) is 55.6 Å². The summed E-state index contributed by atoms with van der Waals surface area (Å²) in [6.07, 6.45) is 0. The molecule has 20 heavy (non-hydrogen) atoms. The number of nitrogens with two attached hydrogens (primary N) is 1. The van der Waals surface area contributed by atoms with E-state index in [-0.39, 0.29) is 0 Å². The van der Waals surface area contributed by atoms with Crippen molar-refractivity contribution in [3.8, 4) is 0 Å². The monoisotopic (exact) mass is 372 g/mol. The van der Waals surface area contributed by atoms with Gasteiger partial charge in [-0.2, -0.15) is 0 Å². The number of hydrogen-bond acceptors (Lipinski definition) is 3. The van der Waals surface area contributed by atoms with Gasteiger partial charge in [-0.15, -0.1) is 11.3 Å². The minimum absolute atomic E-state index is 0.460. The predicted octanol–water partition coefficient (Wildman–Crippen LogP) is 3.65. The SMILES string of the molecule is CC(NCc1cccs1)(C(N)=O)c1ccc(Br)cc1Cl. The van der Waals surface area contributed by atoms with Crippen molar-refractivity contribution in [2.24, 2.45) is 5.73 Å². The third-order valence-electron chi connectivity index (χ3n) is 3.16. The highest BCUT2D eigenvalue weighted by atomic mass is 79.9. The molecule has 6 heteroatoms. The quantitative estimate of drug-likeness (QED) is 0.840. The molecule has 1 amide bonds. The Morgan fingerprint density at radius 1 is 1.50 bits per heavy atom. The Kier molecular flexibility index (Phi) is 4.86. The van der Waals surface area contributed by atoms with Crippen molar-refractivity contribution < 1.29 is 4.79 Å². The molecule has 2 aromatic rings. The summed E-state index contributed by atoms with van der Waals surface area (Å²) in [6.45, 7) is 2.31. The maximum atomic E-state index is 11.9. The summed E-state index contributed by atoms with van der Waals surface area (Å²) in [7, 11) is 0. The smallest absolute Gasteiger partial charge is 0.242 e. The minimum atomic E-state index is -1.01. The van der Waals surface area contributed by atoms with Crippen molar-refractivity contribution in [3.63, 3.8) is 0 Å². The summed E-state index contributed by atoms with van der Waals surface area (Å²) < 4.78 is 0.858. The summed E-state index contributed by atoms with van der Waals surface area (Å²) in [5.41, 5.74) is 5.24. The van der Waals surface area contributed by atoms with Crippen LogP contribution in [0.4, 0.5) is 0 Å². The van der Waals surface area contributed by atoms with Crippen LogP contribution in [0.15, 0.2) is 40.2 Å². The zero-order valence-corrected chi connectivity index (χ0v) is 14.0. The molecule has 2 rings (SSSR count). The molecule has 1 atom stereocenters. The van der Waals surface area contributed by atoms with Gasteiger partial charge in [0.15, 0.2) is 0 Å². The predicted molar refractivity (Wildman–Crippen MR) is 86.9 cm³/mol. The zero-order valence-electron chi connectivity index (χ0n) is 10.8. The fourth-order valence-corrected chi connectivity index (χ4v) is 3.39. The molecule has 0 radical (unpaired) electrons. The Morgan fingerprint density at radius 2 is 2.25 bits per heavy atom. The second-order valence-corrected chi connectivity index (χ2v) is 6.90. The molecule has 0 aliphatic heterocycles. The van der Waals surface area contributed by atoms with Gasteiger partial charge in [0.1, 0.15) is 5.54 Å². The topological polar surface area (TPSA) is 55.1 Å². The number of amides is 1. The molecule has 1 aromatic heterocycles. The molecule has 106 valence electrons. The highest BCUT2D eigenvalue weighted by Gasteiger charge is 2.34. The van der Waals surface area contributed by atoms with E-state index in [4.69, 9.17) is 17.3 Å². The lowest BCUT2D eigenvalue weighted by Crippen LogP contribution is -2.50. The lowest BCUT2D eigenvalue weighted by atomic mass is 9.91. The largest absolute Gasteiger partial charge is 0.368 e. The Bertz CT molecular complexity index is 618. The van der Waals surface area contributed by atoms with E-state index in [1.165, 1.54) is 0 Å². The molecule has 0 aliphatic rings. The number of nitrogens with one attached hydrogen (secondary N) is 1. The first-order valence-corrected chi connectivity index (χ1v) is 8.01. The molecular weight excluding hydrogens is 360 g/mol. The third-order valence-corrected chi connectivity index (χ3v) is 4.84. The molecule has 1 aromatic carbocycles. The van der Waals surface area contributed by atoms with Gasteiger partial charge in [0.05, 0.1) is 0 Å². The molecule has 0 fully saturated rings. The molecule has 0 saturated carbocycles. The normalized spacial score (nSPS) is 13.9. The maximum Gasteiger partial charge on any atom is 0.242 e. The highest BCUT2D eigenvalue weighted by molar-refractivity contribution is 9.10. The second-order valence-electron chi connectivity index (χ2n) is 4.55. The van der Waals surface area contributed by atoms with E-state index in [1.807, 2.05) is 23.6 Å². The van der Waals surface area contributed by atoms with Gasteiger partial charge in [-0.25, -0.2) is 0 Å². The number of carbonyl (C=O) groups is 1. The van der Waals surface area contributed by atoms with Crippen LogP contribution in [0.5, 0.6) is 0 Å². The number of primary amides is 1. The van der Waals surface area contributed by atoms with Crippen LogP contribution < -0.4 is 11.1 Å². The van der Waals surface area contributed by atoms with Crippen molar-refractivity contribution in [1.29, 1.82) is 0 Å². The highest BCUT2D eigenvalue weighted by Crippen LogP contribution is 2.31. The van der Waals surface area contributed by atoms with Crippen molar-refractivity contribution in [2.75, 3.05) is 0 Å². The number of thiophene rings is 1. The molecule has 3 N–H and O–H groups in total. The van der Waals surface area contributed by atoms with Gasteiger partial charge in [0.2, 0.25) is 5.91 Å². The van der Waals surface area contributed by atoms with Gasteiger partial charge in [0.25, 0.3) is 0 Å². The Balaban J connectivity index is 2.31.